The molecule has 0 aliphatic carbocycles. The molecule has 0 N–H and O–H groups in total. The SMILES string of the molecule is COCCN1C(=O)C2CN(C(=O)COc3ccccc3)CCCN2C1=O. The molecule has 0 radical (unpaired) electrons. The topological polar surface area (TPSA) is 79.4 Å². The lowest BCUT2D eigenvalue weighted by Crippen LogP contribution is -2.45. The largest absolute Gasteiger partial charge is 0.484 e. The third kappa shape index (κ3) is 3.80. The molecule has 0 aromatic heterocycles. The van der Waals surface area contributed by atoms with E-state index in [2.05, 4.69) is 0 Å². The van der Waals surface area contributed by atoms with Crippen LogP contribution >= 0.6 is 0 Å². The molecule has 8 nitrogen and oxygen atoms in total. The molecule has 1 aromatic rings. The summed E-state index contributed by atoms with van der Waals surface area (Å²) in [5, 5.41) is 0. The van der Waals surface area contributed by atoms with Crippen molar-refractivity contribution in [2.75, 3.05) is 46.5 Å². The molecule has 2 heterocycles. The van der Waals surface area contributed by atoms with Gasteiger partial charge in [-0.05, 0) is 18.6 Å². The smallest absolute Gasteiger partial charge is 0.327 e. The minimum Gasteiger partial charge on any atom is -0.484 e. The molecule has 2 aliphatic heterocycles. The van der Waals surface area contributed by atoms with Crippen LogP contribution in [0.5, 0.6) is 5.75 Å². The Hall–Kier alpha value is -2.61. The Labute approximate surface area is 152 Å². The summed E-state index contributed by atoms with van der Waals surface area (Å²) in [7, 11) is 1.52. The fourth-order valence-electron chi connectivity index (χ4n) is 3.22. The lowest BCUT2D eigenvalue weighted by Gasteiger charge is -2.23. The average molecular weight is 361 g/mol. The van der Waals surface area contributed by atoms with E-state index in [9.17, 15) is 14.4 Å². The van der Waals surface area contributed by atoms with Crippen LogP contribution in [0.25, 0.3) is 0 Å². The van der Waals surface area contributed by atoms with Crippen molar-refractivity contribution >= 4 is 17.8 Å². The van der Waals surface area contributed by atoms with Crippen LogP contribution in [0.3, 0.4) is 0 Å². The third-order valence-corrected chi connectivity index (χ3v) is 4.60. The summed E-state index contributed by atoms with van der Waals surface area (Å²) in [4.78, 5) is 41.9. The van der Waals surface area contributed by atoms with Gasteiger partial charge in [0.25, 0.3) is 11.8 Å². The van der Waals surface area contributed by atoms with Gasteiger partial charge in [0.05, 0.1) is 19.7 Å². The molecule has 0 bridgehead atoms. The molecule has 140 valence electrons. The maximum Gasteiger partial charge on any atom is 0.327 e. The Morgan fingerprint density at radius 3 is 2.69 bits per heavy atom. The van der Waals surface area contributed by atoms with Gasteiger partial charge in [-0.25, -0.2) is 4.79 Å². The van der Waals surface area contributed by atoms with Crippen molar-refractivity contribution in [2.24, 2.45) is 0 Å². The second-order valence-corrected chi connectivity index (χ2v) is 6.27. The number of hydrogen-bond acceptors (Lipinski definition) is 5. The first-order valence-corrected chi connectivity index (χ1v) is 8.68. The van der Waals surface area contributed by atoms with E-state index in [1.54, 1.807) is 21.9 Å². The van der Waals surface area contributed by atoms with E-state index in [1.807, 2.05) is 18.2 Å². The number of hydrogen-bond donors (Lipinski definition) is 0. The Balaban J connectivity index is 1.62. The third-order valence-electron chi connectivity index (χ3n) is 4.60. The van der Waals surface area contributed by atoms with Gasteiger partial charge in [-0.15, -0.1) is 0 Å². The number of para-hydroxylation sites is 1. The second kappa shape index (κ2) is 8.18. The number of rotatable bonds is 6. The van der Waals surface area contributed by atoms with Gasteiger partial charge in [-0.3, -0.25) is 14.5 Å². The molecule has 1 aromatic carbocycles. The van der Waals surface area contributed by atoms with E-state index in [-0.39, 0.29) is 37.5 Å². The van der Waals surface area contributed by atoms with Crippen LogP contribution in [0.15, 0.2) is 30.3 Å². The number of amides is 4. The first kappa shape index (κ1) is 18.2. The number of carbonyl (C=O) groups is 3. The summed E-state index contributed by atoms with van der Waals surface area (Å²) < 4.78 is 10.5. The monoisotopic (exact) mass is 361 g/mol. The number of ether oxygens (including phenoxy) is 2. The van der Waals surface area contributed by atoms with E-state index in [1.165, 1.54) is 12.0 Å². The van der Waals surface area contributed by atoms with E-state index < -0.39 is 6.04 Å². The van der Waals surface area contributed by atoms with Crippen LogP contribution in [-0.2, 0) is 14.3 Å². The Bertz CT molecular complexity index is 666. The molecule has 0 spiro atoms. The van der Waals surface area contributed by atoms with Gasteiger partial charge in [0, 0.05) is 20.2 Å². The van der Waals surface area contributed by atoms with E-state index >= 15 is 0 Å². The fraction of sp³-hybridized carbons (Fsp3) is 0.500. The summed E-state index contributed by atoms with van der Waals surface area (Å²) in [6, 6.07) is 8.18. The first-order chi connectivity index (χ1) is 12.6. The summed E-state index contributed by atoms with van der Waals surface area (Å²) in [6.45, 7) is 1.60. The molecule has 8 heteroatoms. The molecular weight excluding hydrogens is 338 g/mol. The first-order valence-electron chi connectivity index (χ1n) is 8.68. The molecule has 2 saturated heterocycles. The van der Waals surface area contributed by atoms with E-state index in [0.717, 1.165) is 0 Å². The van der Waals surface area contributed by atoms with Gasteiger partial charge in [0.15, 0.2) is 6.61 Å². The Morgan fingerprint density at radius 1 is 1.19 bits per heavy atom. The predicted octanol–water partition coefficient (Wildman–Crippen LogP) is 0.577. The fourth-order valence-corrected chi connectivity index (χ4v) is 3.22. The molecule has 1 atom stereocenters. The van der Waals surface area contributed by atoms with Crippen LogP contribution in [0.1, 0.15) is 6.42 Å². The number of nitrogens with zero attached hydrogens (tertiary/aromatic N) is 3. The highest BCUT2D eigenvalue weighted by molar-refractivity contribution is 6.04. The van der Waals surface area contributed by atoms with Crippen LogP contribution in [0.4, 0.5) is 4.79 Å². The van der Waals surface area contributed by atoms with Crippen molar-refractivity contribution in [3.63, 3.8) is 0 Å². The van der Waals surface area contributed by atoms with E-state index in [4.69, 9.17) is 9.47 Å². The highest BCUT2D eigenvalue weighted by Crippen LogP contribution is 2.22. The lowest BCUT2D eigenvalue weighted by atomic mass is 10.2. The summed E-state index contributed by atoms with van der Waals surface area (Å²) in [5.41, 5.74) is 0. The zero-order valence-corrected chi connectivity index (χ0v) is 14.8. The van der Waals surface area contributed by atoms with Gasteiger partial charge < -0.3 is 19.3 Å². The number of urea groups is 1. The molecule has 26 heavy (non-hydrogen) atoms. The maximum absolute atomic E-state index is 12.6. The van der Waals surface area contributed by atoms with Gasteiger partial charge in [-0.2, -0.15) is 0 Å². The normalized spacial score (nSPS) is 20.2. The Morgan fingerprint density at radius 2 is 1.96 bits per heavy atom. The van der Waals surface area contributed by atoms with Crippen molar-refractivity contribution in [1.82, 2.24) is 14.7 Å². The number of fused-ring (bicyclic) bond motifs is 1. The standard InChI is InChI=1S/C18H23N3O5/c1-25-11-10-21-17(23)15-12-19(8-5-9-20(15)18(21)24)16(22)13-26-14-6-3-2-4-7-14/h2-4,6-7,15H,5,8-13H2,1H3. The number of imide groups is 1. The average Bonchev–Trinajstić information content (AvgIpc) is 2.83. The van der Waals surface area contributed by atoms with Crippen molar-refractivity contribution in [2.45, 2.75) is 12.5 Å². The van der Waals surface area contributed by atoms with E-state index in [0.29, 0.717) is 31.9 Å². The number of methoxy groups -OCH3 is 1. The summed E-state index contributed by atoms with van der Waals surface area (Å²) in [6.07, 6.45) is 0.630. The molecule has 4 amide bonds. The highest BCUT2D eigenvalue weighted by Gasteiger charge is 2.46. The second-order valence-electron chi connectivity index (χ2n) is 6.27. The van der Waals surface area contributed by atoms with Crippen LogP contribution < -0.4 is 4.74 Å². The minimum atomic E-state index is -0.623. The maximum atomic E-state index is 12.6. The quantitative estimate of drug-likeness (QED) is 0.693. The molecule has 2 aliphatic rings. The Kier molecular flexibility index (Phi) is 5.72. The predicted molar refractivity (Wildman–Crippen MR) is 92.6 cm³/mol. The zero-order chi connectivity index (χ0) is 18.5. The molecule has 0 saturated carbocycles. The van der Waals surface area contributed by atoms with Crippen LogP contribution in [0.2, 0.25) is 0 Å². The molecule has 2 fully saturated rings. The molecule has 3 rings (SSSR count). The van der Waals surface area contributed by atoms with Crippen LogP contribution in [0, 0.1) is 0 Å². The van der Waals surface area contributed by atoms with Gasteiger partial charge in [0.1, 0.15) is 11.8 Å². The highest BCUT2D eigenvalue weighted by atomic mass is 16.5. The van der Waals surface area contributed by atoms with Crippen molar-refractivity contribution in [3.8, 4) is 5.75 Å². The summed E-state index contributed by atoms with van der Waals surface area (Å²) >= 11 is 0. The molecule has 1 unspecified atom stereocenters. The van der Waals surface area contributed by atoms with Crippen molar-refractivity contribution in [3.05, 3.63) is 30.3 Å². The van der Waals surface area contributed by atoms with Crippen molar-refractivity contribution in [1.29, 1.82) is 0 Å². The zero-order valence-electron chi connectivity index (χ0n) is 14.8. The minimum absolute atomic E-state index is 0.0910. The number of benzene rings is 1. The van der Waals surface area contributed by atoms with Gasteiger partial charge in [-0.1, -0.05) is 18.2 Å². The van der Waals surface area contributed by atoms with Crippen LogP contribution in [-0.4, -0.2) is 85.1 Å². The van der Waals surface area contributed by atoms with Gasteiger partial charge in [0.2, 0.25) is 0 Å². The van der Waals surface area contributed by atoms with Gasteiger partial charge >= 0.3 is 6.03 Å². The van der Waals surface area contributed by atoms with Crippen molar-refractivity contribution < 1.29 is 23.9 Å². The summed E-state index contributed by atoms with van der Waals surface area (Å²) in [5.74, 6) is 0.164. The molecular formula is C18H23N3O5. The lowest BCUT2D eigenvalue weighted by molar-refractivity contribution is -0.135. The number of carbonyl (C=O) groups excluding carboxylic acids is 3.